The van der Waals surface area contributed by atoms with Crippen LogP contribution in [0.5, 0.6) is 0 Å². The second-order valence-electron chi connectivity index (χ2n) is 6.14. The van der Waals surface area contributed by atoms with Crippen LogP contribution in [-0.4, -0.2) is 49.1 Å². The molecule has 0 radical (unpaired) electrons. The Labute approximate surface area is 117 Å². The van der Waals surface area contributed by atoms with Crippen LogP contribution in [-0.2, 0) is 4.79 Å². The molecule has 2 aliphatic rings. The lowest BCUT2D eigenvalue weighted by Crippen LogP contribution is -2.51. The van der Waals surface area contributed by atoms with E-state index in [2.05, 4.69) is 29.4 Å². The van der Waals surface area contributed by atoms with Gasteiger partial charge >= 0.3 is 0 Å². The number of likely N-dealkylation sites (tertiary alicyclic amines) is 1. The molecule has 2 rings (SSSR count). The highest BCUT2D eigenvalue weighted by molar-refractivity contribution is 5.82. The van der Waals surface area contributed by atoms with Crippen molar-refractivity contribution >= 4 is 5.91 Å². The molecule has 2 fully saturated rings. The van der Waals surface area contributed by atoms with E-state index in [-0.39, 0.29) is 11.9 Å². The van der Waals surface area contributed by atoms with Gasteiger partial charge in [-0.05, 0) is 51.2 Å². The Balaban J connectivity index is 1.85. The molecule has 0 bridgehead atoms. The Morgan fingerprint density at radius 2 is 2.11 bits per heavy atom. The van der Waals surface area contributed by atoms with E-state index in [9.17, 15) is 4.79 Å². The average molecular weight is 267 g/mol. The third kappa shape index (κ3) is 3.93. The van der Waals surface area contributed by atoms with Gasteiger partial charge in [0.1, 0.15) is 0 Å². The van der Waals surface area contributed by atoms with Gasteiger partial charge in [0, 0.05) is 12.6 Å². The number of nitrogens with zero attached hydrogens (tertiary/aromatic N) is 1. The monoisotopic (exact) mass is 267 g/mol. The quantitative estimate of drug-likeness (QED) is 0.790. The molecule has 4 heteroatoms. The molecule has 1 amide bonds. The number of carbonyl (C=O) groups is 1. The summed E-state index contributed by atoms with van der Waals surface area (Å²) in [6, 6.07) is 0.746. The van der Waals surface area contributed by atoms with E-state index in [1.54, 1.807) is 0 Å². The van der Waals surface area contributed by atoms with Crippen LogP contribution < -0.4 is 10.6 Å². The number of amides is 1. The van der Waals surface area contributed by atoms with E-state index in [4.69, 9.17) is 0 Å². The van der Waals surface area contributed by atoms with Crippen LogP contribution in [0.1, 0.15) is 46.0 Å². The van der Waals surface area contributed by atoms with Crippen molar-refractivity contribution in [2.24, 2.45) is 5.92 Å². The molecule has 0 aromatic carbocycles. The molecule has 0 spiro atoms. The van der Waals surface area contributed by atoms with Crippen LogP contribution in [0.2, 0.25) is 0 Å². The number of rotatable bonds is 5. The van der Waals surface area contributed by atoms with Gasteiger partial charge in [-0.25, -0.2) is 0 Å². The van der Waals surface area contributed by atoms with Gasteiger partial charge in [-0.1, -0.05) is 20.3 Å². The van der Waals surface area contributed by atoms with Gasteiger partial charge in [-0.2, -0.15) is 0 Å². The lowest BCUT2D eigenvalue weighted by Gasteiger charge is -2.35. The summed E-state index contributed by atoms with van der Waals surface area (Å²) in [4.78, 5) is 14.8. The van der Waals surface area contributed by atoms with Crippen molar-refractivity contribution in [3.63, 3.8) is 0 Å². The molecular formula is C15H29N3O. The Morgan fingerprint density at radius 1 is 1.37 bits per heavy atom. The lowest BCUT2D eigenvalue weighted by molar-refractivity contribution is -0.126. The second-order valence-corrected chi connectivity index (χ2v) is 6.14. The van der Waals surface area contributed by atoms with Gasteiger partial charge in [0.25, 0.3) is 0 Å². The van der Waals surface area contributed by atoms with Crippen LogP contribution >= 0.6 is 0 Å². The maximum Gasteiger partial charge on any atom is 0.237 e. The van der Waals surface area contributed by atoms with Crippen molar-refractivity contribution in [2.45, 2.75) is 58.0 Å². The Hall–Kier alpha value is -0.610. The minimum absolute atomic E-state index is 0.132. The summed E-state index contributed by atoms with van der Waals surface area (Å²) in [5.41, 5.74) is 0. The standard InChI is InChI=1S/C15H29N3O/c1-3-12(2)11-17-15(19)14-5-4-10-18(14)13-6-8-16-9-7-13/h12-14,16H,3-11H2,1-2H3,(H,17,19). The van der Waals surface area contributed by atoms with Crippen molar-refractivity contribution < 1.29 is 4.79 Å². The van der Waals surface area contributed by atoms with E-state index in [0.717, 1.165) is 39.0 Å². The fourth-order valence-electron chi connectivity index (χ4n) is 3.18. The maximum absolute atomic E-state index is 12.4. The fraction of sp³-hybridized carbons (Fsp3) is 0.933. The summed E-state index contributed by atoms with van der Waals surface area (Å²) in [7, 11) is 0. The highest BCUT2D eigenvalue weighted by Gasteiger charge is 2.35. The van der Waals surface area contributed by atoms with Crippen molar-refractivity contribution in [2.75, 3.05) is 26.2 Å². The Bertz CT molecular complexity index is 289. The fourth-order valence-corrected chi connectivity index (χ4v) is 3.18. The molecule has 0 aromatic rings. The number of carbonyl (C=O) groups excluding carboxylic acids is 1. The van der Waals surface area contributed by atoms with Crippen LogP contribution in [0.15, 0.2) is 0 Å². The zero-order chi connectivity index (χ0) is 13.7. The van der Waals surface area contributed by atoms with Crippen molar-refractivity contribution in [3.8, 4) is 0 Å². The third-order valence-electron chi connectivity index (χ3n) is 4.70. The summed E-state index contributed by atoms with van der Waals surface area (Å²) in [5, 5.41) is 6.55. The zero-order valence-corrected chi connectivity index (χ0v) is 12.5. The highest BCUT2D eigenvalue weighted by Crippen LogP contribution is 2.24. The van der Waals surface area contributed by atoms with E-state index < -0.39 is 0 Å². The lowest BCUT2D eigenvalue weighted by atomic mass is 10.0. The number of piperidine rings is 1. The van der Waals surface area contributed by atoms with Gasteiger partial charge < -0.3 is 10.6 Å². The van der Waals surface area contributed by atoms with Crippen LogP contribution in [0.25, 0.3) is 0 Å². The van der Waals surface area contributed by atoms with Gasteiger partial charge in [0.05, 0.1) is 6.04 Å². The van der Waals surface area contributed by atoms with Crippen molar-refractivity contribution in [1.82, 2.24) is 15.5 Å². The molecule has 110 valence electrons. The van der Waals surface area contributed by atoms with Gasteiger partial charge in [-0.3, -0.25) is 9.69 Å². The predicted octanol–water partition coefficient (Wildman–Crippen LogP) is 1.37. The summed E-state index contributed by atoms with van der Waals surface area (Å²) < 4.78 is 0. The SMILES string of the molecule is CCC(C)CNC(=O)C1CCCN1C1CCNCC1. The molecule has 2 heterocycles. The molecular weight excluding hydrogens is 238 g/mol. The largest absolute Gasteiger partial charge is 0.354 e. The minimum atomic E-state index is 0.132. The van der Waals surface area contributed by atoms with Crippen LogP contribution in [0.3, 0.4) is 0 Å². The molecule has 4 nitrogen and oxygen atoms in total. The maximum atomic E-state index is 12.4. The van der Waals surface area contributed by atoms with Crippen LogP contribution in [0, 0.1) is 5.92 Å². The number of hydrogen-bond acceptors (Lipinski definition) is 3. The summed E-state index contributed by atoms with van der Waals surface area (Å²) >= 11 is 0. The average Bonchev–Trinajstić information content (AvgIpc) is 2.94. The van der Waals surface area contributed by atoms with Gasteiger partial charge in [0.2, 0.25) is 5.91 Å². The number of hydrogen-bond donors (Lipinski definition) is 2. The first kappa shape index (κ1) is 14.8. The van der Waals surface area contributed by atoms with Crippen molar-refractivity contribution in [3.05, 3.63) is 0 Å². The highest BCUT2D eigenvalue weighted by atomic mass is 16.2. The molecule has 2 aliphatic heterocycles. The normalized spacial score (nSPS) is 27.4. The summed E-state index contributed by atoms with van der Waals surface area (Å²) in [5.74, 6) is 0.842. The number of nitrogens with one attached hydrogen (secondary N) is 2. The molecule has 2 atom stereocenters. The van der Waals surface area contributed by atoms with E-state index in [1.165, 1.54) is 19.3 Å². The molecule has 0 aliphatic carbocycles. The van der Waals surface area contributed by atoms with Crippen LogP contribution in [0.4, 0.5) is 0 Å². The molecule has 2 N–H and O–H groups in total. The minimum Gasteiger partial charge on any atom is -0.354 e. The Kier molecular flexibility index (Phi) is 5.64. The topological polar surface area (TPSA) is 44.4 Å². The van der Waals surface area contributed by atoms with Gasteiger partial charge in [-0.15, -0.1) is 0 Å². The molecule has 0 saturated carbocycles. The van der Waals surface area contributed by atoms with Crippen molar-refractivity contribution in [1.29, 1.82) is 0 Å². The summed E-state index contributed by atoms with van der Waals surface area (Å²) in [6.45, 7) is 8.50. The molecule has 2 saturated heterocycles. The predicted molar refractivity (Wildman–Crippen MR) is 78.1 cm³/mol. The molecule has 0 aromatic heterocycles. The first-order valence-corrected chi connectivity index (χ1v) is 7.96. The third-order valence-corrected chi connectivity index (χ3v) is 4.70. The van der Waals surface area contributed by atoms with E-state index >= 15 is 0 Å². The molecule has 19 heavy (non-hydrogen) atoms. The van der Waals surface area contributed by atoms with E-state index in [1.807, 2.05) is 0 Å². The second kappa shape index (κ2) is 7.25. The van der Waals surface area contributed by atoms with Gasteiger partial charge in [0.15, 0.2) is 0 Å². The summed E-state index contributed by atoms with van der Waals surface area (Å²) in [6.07, 6.45) is 5.72. The zero-order valence-electron chi connectivity index (χ0n) is 12.5. The Morgan fingerprint density at radius 3 is 2.79 bits per heavy atom. The first-order chi connectivity index (χ1) is 9.22. The smallest absolute Gasteiger partial charge is 0.237 e. The van der Waals surface area contributed by atoms with E-state index in [0.29, 0.717) is 12.0 Å². The molecule has 2 unspecified atom stereocenters. The first-order valence-electron chi connectivity index (χ1n) is 7.96.